The summed E-state index contributed by atoms with van der Waals surface area (Å²) in [5.74, 6) is -1.21. The van der Waals surface area contributed by atoms with E-state index in [2.05, 4.69) is 41.7 Å². The Morgan fingerprint density at radius 1 is 0.867 bits per heavy atom. The normalized spacial score (nSPS) is 21.2. The van der Waals surface area contributed by atoms with Gasteiger partial charge in [0.05, 0.1) is 18.7 Å². The lowest BCUT2D eigenvalue weighted by molar-refractivity contribution is -0.148. The van der Waals surface area contributed by atoms with E-state index in [9.17, 15) is 9.59 Å². The van der Waals surface area contributed by atoms with E-state index in [0.717, 1.165) is 16.7 Å². The molecule has 0 radical (unpaired) electrons. The number of benzene rings is 3. The highest BCUT2D eigenvalue weighted by Crippen LogP contribution is 2.51. The van der Waals surface area contributed by atoms with Gasteiger partial charge < -0.3 is 4.74 Å². The predicted molar refractivity (Wildman–Crippen MR) is 115 cm³/mol. The van der Waals surface area contributed by atoms with E-state index in [1.807, 2.05) is 42.5 Å². The van der Waals surface area contributed by atoms with E-state index in [4.69, 9.17) is 4.74 Å². The lowest BCUT2D eigenvalue weighted by Crippen LogP contribution is -2.51. The standard InChI is InChI=1S/C26H23NO3/c1-30-25(29)20-15-16-23(24(20)28)27-26(17-9-3-2-4-10-17)21-13-7-5-11-18(21)19-12-6-8-14-22(19)26/h2-14,20,23,27H,15-16H2,1H3. The number of rotatable bonds is 4. The lowest BCUT2D eigenvalue weighted by atomic mass is 9.79. The Labute approximate surface area is 175 Å². The third-order valence-corrected chi connectivity index (χ3v) is 6.47. The van der Waals surface area contributed by atoms with Crippen LogP contribution in [-0.4, -0.2) is 24.9 Å². The lowest BCUT2D eigenvalue weighted by Gasteiger charge is -2.36. The van der Waals surface area contributed by atoms with E-state index in [1.165, 1.54) is 18.2 Å². The Balaban J connectivity index is 1.68. The van der Waals surface area contributed by atoms with Crippen LogP contribution in [0.1, 0.15) is 29.5 Å². The average Bonchev–Trinajstić information content (AvgIpc) is 3.31. The fourth-order valence-corrected chi connectivity index (χ4v) is 5.11. The summed E-state index contributed by atoms with van der Waals surface area (Å²) in [5, 5.41) is 3.72. The number of methoxy groups -OCH3 is 1. The van der Waals surface area contributed by atoms with Crippen molar-refractivity contribution in [2.45, 2.75) is 24.4 Å². The first-order valence-corrected chi connectivity index (χ1v) is 10.3. The molecule has 3 aromatic rings. The van der Waals surface area contributed by atoms with Crippen LogP contribution in [0, 0.1) is 5.92 Å². The Bertz CT molecular complexity index is 1080. The van der Waals surface area contributed by atoms with Gasteiger partial charge in [-0.1, -0.05) is 78.9 Å². The molecule has 4 heteroatoms. The van der Waals surface area contributed by atoms with Crippen molar-refractivity contribution in [1.29, 1.82) is 0 Å². The van der Waals surface area contributed by atoms with Gasteiger partial charge in [0.15, 0.2) is 5.78 Å². The molecule has 30 heavy (non-hydrogen) atoms. The Morgan fingerprint density at radius 2 is 1.43 bits per heavy atom. The summed E-state index contributed by atoms with van der Waals surface area (Å²) in [6, 6.07) is 26.5. The molecule has 2 aliphatic rings. The molecule has 150 valence electrons. The summed E-state index contributed by atoms with van der Waals surface area (Å²) >= 11 is 0. The second kappa shape index (κ2) is 7.22. The minimum atomic E-state index is -0.688. The van der Waals surface area contributed by atoms with Crippen LogP contribution >= 0.6 is 0 Å². The highest BCUT2D eigenvalue weighted by Gasteiger charge is 2.49. The highest BCUT2D eigenvalue weighted by molar-refractivity contribution is 6.03. The summed E-state index contributed by atoms with van der Waals surface area (Å²) < 4.78 is 4.86. The van der Waals surface area contributed by atoms with Gasteiger partial charge in [-0.2, -0.15) is 0 Å². The fraction of sp³-hybridized carbons (Fsp3) is 0.231. The van der Waals surface area contributed by atoms with Gasteiger partial charge in [0.1, 0.15) is 5.92 Å². The van der Waals surface area contributed by atoms with Gasteiger partial charge in [-0.05, 0) is 40.7 Å². The monoisotopic (exact) mass is 397 g/mol. The van der Waals surface area contributed by atoms with Crippen molar-refractivity contribution in [2.75, 3.05) is 7.11 Å². The van der Waals surface area contributed by atoms with Gasteiger partial charge in [0, 0.05) is 0 Å². The summed E-state index contributed by atoms with van der Waals surface area (Å²) in [6.45, 7) is 0. The average molecular weight is 397 g/mol. The minimum absolute atomic E-state index is 0.0842. The molecule has 0 saturated heterocycles. The first-order valence-electron chi connectivity index (χ1n) is 10.3. The van der Waals surface area contributed by atoms with Gasteiger partial charge in [0.2, 0.25) is 0 Å². The van der Waals surface area contributed by atoms with Gasteiger partial charge in [-0.15, -0.1) is 0 Å². The molecule has 0 aliphatic heterocycles. The number of ether oxygens (including phenoxy) is 1. The predicted octanol–water partition coefficient (Wildman–Crippen LogP) is 4.07. The van der Waals surface area contributed by atoms with Crippen LogP contribution < -0.4 is 5.32 Å². The van der Waals surface area contributed by atoms with E-state index in [0.29, 0.717) is 12.8 Å². The van der Waals surface area contributed by atoms with Crippen molar-refractivity contribution in [3.8, 4) is 11.1 Å². The fourth-order valence-electron chi connectivity index (χ4n) is 5.11. The number of Topliss-reactive ketones (excluding diaryl/α,β-unsaturated/α-hetero) is 1. The largest absolute Gasteiger partial charge is 0.468 e. The molecule has 2 atom stereocenters. The molecule has 0 spiro atoms. The zero-order valence-corrected chi connectivity index (χ0v) is 16.8. The van der Waals surface area contributed by atoms with Gasteiger partial charge in [-0.25, -0.2) is 0 Å². The number of nitrogens with one attached hydrogen (secondary N) is 1. The topological polar surface area (TPSA) is 55.4 Å². The molecule has 2 aliphatic carbocycles. The number of ketones is 1. The molecule has 1 N–H and O–H groups in total. The highest BCUT2D eigenvalue weighted by atomic mass is 16.5. The quantitative estimate of drug-likeness (QED) is 0.533. The molecule has 0 amide bonds. The molecule has 0 aromatic heterocycles. The Hall–Kier alpha value is -3.24. The third kappa shape index (κ3) is 2.64. The first kappa shape index (κ1) is 18.8. The maximum atomic E-state index is 13.1. The SMILES string of the molecule is COC(=O)C1CCC(NC2(c3ccccc3)c3ccccc3-c3ccccc32)C1=O. The van der Waals surface area contributed by atoms with Crippen LogP contribution in [0.25, 0.3) is 11.1 Å². The molecular formula is C26H23NO3. The number of esters is 1. The van der Waals surface area contributed by atoms with E-state index >= 15 is 0 Å². The summed E-state index contributed by atoms with van der Waals surface area (Å²) in [7, 11) is 1.34. The van der Waals surface area contributed by atoms with Crippen LogP contribution in [0.2, 0.25) is 0 Å². The summed E-state index contributed by atoms with van der Waals surface area (Å²) in [5.41, 5.74) is 5.02. The molecule has 4 nitrogen and oxygen atoms in total. The van der Waals surface area contributed by atoms with E-state index < -0.39 is 23.5 Å². The molecular weight excluding hydrogens is 374 g/mol. The second-order valence-corrected chi connectivity index (χ2v) is 7.96. The number of carbonyl (C=O) groups is 2. The molecule has 0 heterocycles. The first-order chi connectivity index (χ1) is 14.7. The zero-order valence-electron chi connectivity index (χ0n) is 16.8. The number of hydrogen-bond acceptors (Lipinski definition) is 4. The van der Waals surface area contributed by atoms with Gasteiger partial charge >= 0.3 is 5.97 Å². The number of carbonyl (C=O) groups excluding carboxylic acids is 2. The zero-order chi connectivity index (χ0) is 20.7. The van der Waals surface area contributed by atoms with Gasteiger partial charge in [-0.3, -0.25) is 14.9 Å². The minimum Gasteiger partial charge on any atom is -0.468 e. The van der Waals surface area contributed by atoms with Crippen LogP contribution in [0.15, 0.2) is 78.9 Å². The molecule has 3 aromatic carbocycles. The summed E-state index contributed by atoms with van der Waals surface area (Å²) in [4.78, 5) is 25.2. The molecule has 1 fully saturated rings. The van der Waals surface area contributed by atoms with E-state index in [1.54, 1.807) is 0 Å². The maximum Gasteiger partial charge on any atom is 0.316 e. The van der Waals surface area contributed by atoms with Crippen LogP contribution in [0.4, 0.5) is 0 Å². The number of hydrogen-bond donors (Lipinski definition) is 1. The smallest absolute Gasteiger partial charge is 0.316 e. The van der Waals surface area contributed by atoms with Crippen LogP contribution in [0.3, 0.4) is 0 Å². The van der Waals surface area contributed by atoms with Crippen molar-refractivity contribution in [1.82, 2.24) is 5.32 Å². The summed E-state index contributed by atoms with van der Waals surface area (Å²) in [6.07, 6.45) is 1.12. The van der Waals surface area contributed by atoms with Crippen LogP contribution in [-0.2, 0) is 19.9 Å². The third-order valence-electron chi connectivity index (χ3n) is 6.47. The molecule has 1 saturated carbocycles. The van der Waals surface area contributed by atoms with Crippen molar-refractivity contribution >= 4 is 11.8 Å². The number of fused-ring (bicyclic) bond motifs is 3. The Kier molecular flexibility index (Phi) is 4.52. The van der Waals surface area contributed by atoms with Gasteiger partial charge in [0.25, 0.3) is 0 Å². The van der Waals surface area contributed by atoms with Crippen molar-refractivity contribution in [2.24, 2.45) is 5.92 Å². The molecule has 0 bridgehead atoms. The second-order valence-electron chi connectivity index (χ2n) is 7.96. The maximum absolute atomic E-state index is 13.1. The van der Waals surface area contributed by atoms with Crippen LogP contribution in [0.5, 0.6) is 0 Å². The molecule has 2 unspecified atom stereocenters. The molecule has 5 rings (SSSR count). The van der Waals surface area contributed by atoms with Crippen molar-refractivity contribution in [3.05, 3.63) is 95.6 Å². The Morgan fingerprint density at radius 3 is 2.03 bits per heavy atom. The van der Waals surface area contributed by atoms with E-state index in [-0.39, 0.29) is 5.78 Å². The van der Waals surface area contributed by atoms with Crippen molar-refractivity contribution < 1.29 is 14.3 Å². The van der Waals surface area contributed by atoms with Crippen molar-refractivity contribution in [3.63, 3.8) is 0 Å².